The van der Waals surface area contributed by atoms with Gasteiger partial charge in [0.25, 0.3) is 5.91 Å². The zero-order valence-electron chi connectivity index (χ0n) is 17.8. The predicted molar refractivity (Wildman–Crippen MR) is 125 cm³/mol. The van der Waals surface area contributed by atoms with Gasteiger partial charge < -0.3 is 15.3 Å². The number of carbonyl (C=O) groups is 2. The van der Waals surface area contributed by atoms with Crippen LogP contribution in [-0.4, -0.2) is 48.5 Å². The van der Waals surface area contributed by atoms with E-state index in [1.165, 1.54) is 9.21 Å². The summed E-state index contributed by atoms with van der Waals surface area (Å²) >= 11 is 0. The Labute approximate surface area is 188 Å². The molecule has 2 aliphatic heterocycles. The first-order chi connectivity index (χ1) is 15.3. The van der Waals surface area contributed by atoms with Crippen molar-refractivity contribution in [3.63, 3.8) is 0 Å². The van der Waals surface area contributed by atoms with E-state index in [9.17, 15) is 23.8 Å². The van der Waals surface area contributed by atoms with E-state index in [1.807, 2.05) is 25.1 Å². The third kappa shape index (κ3) is 4.06. The fourth-order valence-electron chi connectivity index (χ4n) is 4.06. The lowest BCUT2D eigenvalue weighted by atomic mass is 9.99. The fraction of sp³-hybridized carbons (Fsp3) is 0.304. The largest absolute Gasteiger partial charge is 0.465 e. The number of amides is 2. The van der Waals surface area contributed by atoms with Crippen molar-refractivity contribution in [3.05, 3.63) is 70.9 Å². The zero-order valence-corrected chi connectivity index (χ0v) is 18.6. The maximum atomic E-state index is 13.3. The SMILES string of the molecule is CCCCN1C(=O)C(Nc2ccc3c(c2)CCN(C(=O)O)C3)=C(c2ccccc2)S1(O)O. The van der Waals surface area contributed by atoms with Crippen LogP contribution in [0.2, 0.25) is 0 Å². The number of rotatable bonds is 6. The molecule has 8 nitrogen and oxygen atoms in total. The molecule has 0 spiro atoms. The fourth-order valence-corrected chi connectivity index (χ4v) is 5.85. The van der Waals surface area contributed by atoms with Crippen LogP contribution in [0.15, 0.2) is 54.2 Å². The molecule has 2 aliphatic rings. The highest BCUT2D eigenvalue weighted by Crippen LogP contribution is 2.62. The van der Waals surface area contributed by atoms with Crippen LogP contribution in [-0.2, 0) is 17.8 Å². The third-order valence-corrected chi connectivity index (χ3v) is 7.71. The van der Waals surface area contributed by atoms with Crippen molar-refractivity contribution >= 4 is 33.4 Å². The topological polar surface area (TPSA) is 113 Å². The molecule has 170 valence electrons. The van der Waals surface area contributed by atoms with E-state index in [-0.39, 0.29) is 17.1 Å². The monoisotopic (exact) mass is 457 g/mol. The summed E-state index contributed by atoms with van der Waals surface area (Å²) in [5, 5.41) is 12.4. The predicted octanol–water partition coefficient (Wildman–Crippen LogP) is 4.81. The highest BCUT2D eigenvalue weighted by atomic mass is 32.3. The molecule has 0 atom stereocenters. The van der Waals surface area contributed by atoms with Crippen LogP contribution in [0, 0.1) is 0 Å². The van der Waals surface area contributed by atoms with Gasteiger partial charge in [-0.1, -0.05) is 60.5 Å². The van der Waals surface area contributed by atoms with Crippen molar-refractivity contribution in [2.24, 2.45) is 0 Å². The molecule has 32 heavy (non-hydrogen) atoms. The summed E-state index contributed by atoms with van der Waals surface area (Å²) in [6.07, 6.45) is 1.12. The van der Waals surface area contributed by atoms with E-state index < -0.39 is 22.8 Å². The molecular formula is C23H27N3O5S. The number of hydrogen-bond acceptors (Lipinski definition) is 5. The van der Waals surface area contributed by atoms with E-state index in [0.717, 1.165) is 17.5 Å². The maximum absolute atomic E-state index is 13.3. The van der Waals surface area contributed by atoms with Gasteiger partial charge in [-0.2, -0.15) is 0 Å². The number of anilines is 1. The van der Waals surface area contributed by atoms with Crippen LogP contribution in [0.25, 0.3) is 4.91 Å². The summed E-state index contributed by atoms with van der Waals surface area (Å²) in [4.78, 5) is 26.1. The van der Waals surface area contributed by atoms with Gasteiger partial charge in [-0.3, -0.25) is 13.9 Å². The van der Waals surface area contributed by atoms with Crippen molar-refractivity contribution in [1.82, 2.24) is 9.21 Å². The molecule has 4 rings (SSSR count). The van der Waals surface area contributed by atoms with E-state index in [0.29, 0.717) is 37.2 Å². The van der Waals surface area contributed by atoms with Crippen LogP contribution >= 0.6 is 10.8 Å². The lowest BCUT2D eigenvalue weighted by Gasteiger charge is -2.38. The average Bonchev–Trinajstić information content (AvgIpc) is 2.96. The van der Waals surface area contributed by atoms with Gasteiger partial charge in [-0.15, -0.1) is 0 Å². The molecule has 0 saturated heterocycles. The number of benzene rings is 2. The Morgan fingerprint density at radius 2 is 1.88 bits per heavy atom. The molecule has 2 amide bonds. The molecule has 2 aromatic rings. The number of nitrogens with one attached hydrogen (secondary N) is 1. The Kier molecular flexibility index (Phi) is 6.14. The number of carbonyl (C=O) groups excluding carboxylic acids is 1. The molecule has 0 aliphatic carbocycles. The van der Waals surface area contributed by atoms with Gasteiger partial charge in [-0.25, -0.2) is 9.10 Å². The lowest BCUT2D eigenvalue weighted by molar-refractivity contribution is -0.122. The number of nitrogens with zero attached hydrogens (tertiary/aromatic N) is 2. The Balaban J connectivity index is 1.70. The van der Waals surface area contributed by atoms with Crippen molar-refractivity contribution in [2.45, 2.75) is 32.7 Å². The minimum absolute atomic E-state index is 0.162. The van der Waals surface area contributed by atoms with Crippen LogP contribution < -0.4 is 5.32 Å². The molecule has 0 aromatic heterocycles. The lowest BCUT2D eigenvalue weighted by Crippen LogP contribution is -2.34. The average molecular weight is 458 g/mol. The van der Waals surface area contributed by atoms with Crippen LogP contribution in [0.4, 0.5) is 10.5 Å². The summed E-state index contributed by atoms with van der Waals surface area (Å²) in [6.45, 7) is 2.98. The summed E-state index contributed by atoms with van der Waals surface area (Å²) in [5.41, 5.74) is 3.33. The maximum Gasteiger partial charge on any atom is 0.407 e. The first-order valence-corrected chi connectivity index (χ1v) is 12.1. The minimum Gasteiger partial charge on any atom is -0.465 e. The van der Waals surface area contributed by atoms with Crippen LogP contribution in [0.1, 0.15) is 36.5 Å². The third-order valence-electron chi connectivity index (χ3n) is 5.76. The van der Waals surface area contributed by atoms with Crippen molar-refractivity contribution in [1.29, 1.82) is 0 Å². The molecular weight excluding hydrogens is 430 g/mol. The van der Waals surface area contributed by atoms with E-state index in [4.69, 9.17) is 0 Å². The van der Waals surface area contributed by atoms with Crippen molar-refractivity contribution in [2.75, 3.05) is 18.4 Å². The summed E-state index contributed by atoms with van der Waals surface area (Å²) in [7, 11) is -3.48. The summed E-state index contributed by atoms with van der Waals surface area (Å²) < 4.78 is 23.3. The zero-order chi connectivity index (χ0) is 22.9. The quantitative estimate of drug-likeness (QED) is 0.495. The first-order valence-electron chi connectivity index (χ1n) is 10.6. The molecule has 0 fully saturated rings. The van der Waals surface area contributed by atoms with Crippen molar-refractivity contribution in [3.8, 4) is 0 Å². The Morgan fingerprint density at radius 3 is 2.56 bits per heavy atom. The second-order valence-electron chi connectivity index (χ2n) is 7.91. The second-order valence-corrected chi connectivity index (χ2v) is 9.80. The molecule has 2 heterocycles. The van der Waals surface area contributed by atoms with Gasteiger partial charge in [0.15, 0.2) is 0 Å². The van der Waals surface area contributed by atoms with Gasteiger partial charge >= 0.3 is 6.09 Å². The summed E-state index contributed by atoms with van der Waals surface area (Å²) in [6, 6.07) is 14.5. The van der Waals surface area contributed by atoms with E-state index in [1.54, 1.807) is 30.3 Å². The van der Waals surface area contributed by atoms with E-state index >= 15 is 0 Å². The Morgan fingerprint density at radius 1 is 1.12 bits per heavy atom. The number of hydrogen-bond donors (Lipinski definition) is 4. The second kappa shape index (κ2) is 8.85. The highest BCUT2D eigenvalue weighted by molar-refractivity contribution is 8.31. The highest BCUT2D eigenvalue weighted by Gasteiger charge is 2.44. The van der Waals surface area contributed by atoms with Crippen LogP contribution in [0.5, 0.6) is 0 Å². The van der Waals surface area contributed by atoms with E-state index in [2.05, 4.69) is 5.32 Å². The standard InChI is InChI=1S/C23H27N3O5S/c1-2-3-12-26-22(27)20(21(32(26,30)31)16-7-5-4-6-8-16)24-19-10-9-18-15-25(23(28)29)13-11-17(18)14-19/h4-10,14,24,30-31H,2-3,11-13,15H2,1H3,(H,28,29). The Hall–Kier alpha value is -3.01. The number of fused-ring (bicyclic) bond motifs is 1. The van der Waals surface area contributed by atoms with Gasteiger partial charge in [0, 0.05) is 30.9 Å². The Bertz CT molecular complexity index is 1070. The smallest absolute Gasteiger partial charge is 0.407 e. The van der Waals surface area contributed by atoms with Gasteiger partial charge in [0.1, 0.15) is 10.6 Å². The van der Waals surface area contributed by atoms with Gasteiger partial charge in [0.05, 0.1) is 0 Å². The molecule has 0 saturated carbocycles. The minimum atomic E-state index is -3.48. The number of carboxylic acid groups (broad SMARTS) is 1. The van der Waals surface area contributed by atoms with Crippen molar-refractivity contribution < 1.29 is 23.8 Å². The normalized spacial score (nSPS) is 18.5. The van der Waals surface area contributed by atoms with Crippen LogP contribution in [0.3, 0.4) is 0 Å². The molecule has 2 aromatic carbocycles. The number of unbranched alkanes of at least 4 members (excludes halogenated alkanes) is 1. The molecule has 0 bridgehead atoms. The molecule has 0 radical (unpaired) electrons. The molecule has 4 N–H and O–H groups in total. The van der Waals surface area contributed by atoms with Gasteiger partial charge in [0.2, 0.25) is 0 Å². The molecule has 9 heteroatoms. The first kappa shape index (κ1) is 22.2. The molecule has 0 unspecified atom stereocenters. The van der Waals surface area contributed by atoms with Gasteiger partial charge in [-0.05, 0) is 36.1 Å². The summed E-state index contributed by atoms with van der Waals surface area (Å²) in [5.74, 6) is -0.438.